The molecule has 1 rings (SSSR count). The highest BCUT2D eigenvalue weighted by Gasteiger charge is 2.32. The molecule has 0 aliphatic rings. The van der Waals surface area contributed by atoms with Gasteiger partial charge in [0.2, 0.25) is 29.5 Å². The van der Waals surface area contributed by atoms with Gasteiger partial charge in [-0.25, -0.2) is 0 Å². The SMILES string of the molecule is CCNC(=O)C(NC(=O)[C@H](CC)NCC(CC(C)C)NC(=O)[C@H](CCc1ccccc1)NC(=O)C(NC(=O)CCCC(=O)O)[C@@H](C)CC)C(C)C. The fourth-order valence-electron chi connectivity index (χ4n) is 5.68. The summed E-state index contributed by atoms with van der Waals surface area (Å²) in [6, 6.07) is 6.14. The van der Waals surface area contributed by atoms with Crippen molar-refractivity contribution in [1.82, 2.24) is 31.9 Å². The predicted molar refractivity (Wildman–Crippen MR) is 198 cm³/mol. The number of aryl methyl sites for hydroxylation is 1. The Labute approximate surface area is 304 Å². The maximum absolute atomic E-state index is 14.0. The monoisotopic (exact) mass is 716 g/mol. The van der Waals surface area contributed by atoms with Crippen LogP contribution in [0.3, 0.4) is 0 Å². The lowest BCUT2D eigenvalue weighted by Crippen LogP contribution is -2.58. The Bertz CT molecular complexity index is 1240. The van der Waals surface area contributed by atoms with Crippen molar-refractivity contribution >= 4 is 35.5 Å². The summed E-state index contributed by atoms with van der Waals surface area (Å²) in [6.45, 7) is 16.0. The number of hydrogen-bond donors (Lipinski definition) is 7. The highest BCUT2D eigenvalue weighted by molar-refractivity contribution is 5.92. The van der Waals surface area contributed by atoms with Crippen LogP contribution >= 0.6 is 0 Å². The Balaban J connectivity index is 3.17. The van der Waals surface area contributed by atoms with E-state index >= 15 is 0 Å². The first-order valence-corrected chi connectivity index (χ1v) is 18.6. The van der Waals surface area contributed by atoms with Gasteiger partial charge in [0, 0.05) is 32.0 Å². The van der Waals surface area contributed by atoms with E-state index in [-0.39, 0.29) is 67.3 Å². The lowest BCUT2D eigenvalue weighted by molar-refractivity contribution is -0.137. The van der Waals surface area contributed by atoms with E-state index in [4.69, 9.17) is 5.11 Å². The Kier molecular flexibility index (Phi) is 21.4. The Hall–Kier alpha value is -4.00. The second-order valence-corrected chi connectivity index (χ2v) is 14.1. The summed E-state index contributed by atoms with van der Waals surface area (Å²) in [5.41, 5.74) is 0.999. The fourth-order valence-corrected chi connectivity index (χ4v) is 5.68. The summed E-state index contributed by atoms with van der Waals surface area (Å²) in [7, 11) is 0. The number of benzene rings is 1. The Morgan fingerprint density at radius 2 is 1.35 bits per heavy atom. The molecule has 7 N–H and O–H groups in total. The first kappa shape index (κ1) is 45.0. The molecule has 1 aromatic carbocycles. The molecule has 13 nitrogen and oxygen atoms in total. The summed E-state index contributed by atoms with van der Waals surface area (Å²) in [4.78, 5) is 77.1. The summed E-state index contributed by atoms with van der Waals surface area (Å²) < 4.78 is 0. The molecule has 51 heavy (non-hydrogen) atoms. The number of hydrogen-bond acceptors (Lipinski definition) is 7. The molecule has 0 bridgehead atoms. The lowest BCUT2D eigenvalue weighted by atomic mass is 9.96. The van der Waals surface area contributed by atoms with Crippen molar-refractivity contribution in [3.8, 4) is 0 Å². The summed E-state index contributed by atoms with van der Waals surface area (Å²) in [6.07, 6.45) is 2.44. The van der Waals surface area contributed by atoms with Crippen molar-refractivity contribution in [2.75, 3.05) is 13.1 Å². The van der Waals surface area contributed by atoms with Crippen molar-refractivity contribution in [3.05, 3.63) is 35.9 Å². The van der Waals surface area contributed by atoms with E-state index in [1.54, 1.807) is 0 Å². The van der Waals surface area contributed by atoms with Crippen molar-refractivity contribution in [2.45, 2.75) is 137 Å². The molecular weight excluding hydrogens is 652 g/mol. The van der Waals surface area contributed by atoms with Crippen LogP contribution in [0.15, 0.2) is 30.3 Å². The van der Waals surface area contributed by atoms with Gasteiger partial charge < -0.3 is 37.0 Å². The third kappa shape index (κ3) is 17.7. The van der Waals surface area contributed by atoms with Crippen LogP contribution in [0.4, 0.5) is 0 Å². The lowest BCUT2D eigenvalue weighted by Gasteiger charge is -2.29. The first-order valence-electron chi connectivity index (χ1n) is 18.6. The van der Waals surface area contributed by atoms with E-state index in [9.17, 15) is 28.8 Å². The number of carbonyl (C=O) groups excluding carboxylic acids is 5. The van der Waals surface area contributed by atoms with E-state index in [0.717, 1.165) is 5.56 Å². The fraction of sp³-hybridized carbons (Fsp3) is 0.684. The average molecular weight is 717 g/mol. The van der Waals surface area contributed by atoms with Crippen LogP contribution in [0.5, 0.6) is 0 Å². The van der Waals surface area contributed by atoms with Gasteiger partial charge in [-0.2, -0.15) is 0 Å². The summed E-state index contributed by atoms with van der Waals surface area (Å²) in [5.74, 6) is -2.98. The number of carbonyl (C=O) groups is 6. The third-order valence-corrected chi connectivity index (χ3v) is 8.84. The molecule has 0 aliphatic heterocycles. The molecule has 0 aromatic heterocycles. The molecule has 0 fully saturated rings. The molecule has 288 valence electrons. The standard InChI is InChI=1S/C38H64N6O7/c1-9-26(8)34(43-31(45)18-15-19-32(46)47)38(51)42-30(21-20-27-16-13-12-14-17-27)36(49)41-28(22-24(4)5)23-40-29(10-2)35(48)44-33(25(6)7)37(50)39-11-3/h12-14,16-17,24-26,28-30,33-34,40H,9-11,15,18-23H2,1-8H3,(H,39,50)(H,41,49)(H,42,51)(H,43,45)(H,44,48)(H,46,47)/t26-,28?,29-,30-,33?,34?/m0/s1. The minimum atomic E-state index is -0.998. The maximum atomic E-state index is 14.0. The molecule has 0 aliphatic carbocycles. The Morgan fingerprint density at radius 1 is 0.706 bits per heavy atom. The minimum absolute atomic E-state index is 0.0326. The quantitative estimate of drug-likeness (QED) is 0.0802. The largest absolute Gasteiger partial charge is 0.481 e. The van der Waals surface area contributed by atoms with E-state index < -0.39 is 42.0 Å². The van der Waals surface area contributed by atoms with Crippen LogP contribution in [0, 0.1) is 17.8 Å². The first-order chi connectivity index (χ1) is 24.1. The smallest absolute Gasteiger partial charge is 0.303 e. The average Bonchev–Trinajstić information content (AvgIpc) is 3.07. The van der Waals surface area contributed by atoms with E-state index in [1.165, 1.54) is 0 Å². The van der Waals surface area contributed by atoms with E-state index in [2.05, 4.69) is 31.9 Å². The van der Waals surface area contributed by atoms with E-state index in [1.807, 2.05) is 85.7 Å². The minimum Gasteiger partial charge on any atom is -0.481 e. The van der Waals surface area contributed by atoms with Crippen LogP contribution in [0.2, 0.25) is 0 Å². The van der Waals surface area contributed by atoms with Crippen molar-refractivity contribution < 1.29 is 33.9 Å². The van der Waals surface area contributed by atoms with Gasteiger partial charge in [0.25, 0.3) is 0 Å². The molecule has 3 unspecified atom stereocenters. The maximum Gasteiger partial charge on any atom is 0.303 e. The highest BCUT2D eigenvalue weighted by atomic mass is 16.4. The second-order valence-electron chi connectivity index (χ2n) is 14.1. The van der Waals surface area contributed by atoms with Crippen LogP contribution in [0.25, 0.3) is 0 Å². The molecule has 0 radical (unpaired) electrons. The normalized spacial score (nSPS) is 14.8. The Morgan fingerprint density at radius 3 is 1.90 bits per heavy atom. The van der Waals surface area contributed by atoms with E-state index in [0.29, 0.717) is 38.6 Å². The summed E-state index contributed by atoms with van der Waals surface area (Å²) >= 11 is 0. The molecule has 13 heteroatoms. The number of rotatable bonds is 25. The van der Waals surface area contributed by atoms with Gasteiger partial charge >= 0.3 is 5.97 Å². The number of carboxylic acids is 1. The van der Waals surface area contributed by atoms with Crippen LogP contribution in [-0.2, 0) is 35.2 Å². The number of nitrogens with one attached hydrogen (secondary N) is 6. The number of likely N-dealkylation sites (N-methyl/N-ethyl adjacent to an activating group) is 1. The zero-order valence-corrected chi connectivity index (χ0v) is 32.0. The van der Waals surface area contributed by atoms with Crippen molar-refractivity contribution in [1.29, 1.82) is 0 Å². The van der Waals surface area contributed by atoms with Gasteiger partial charge in [0.15, 0.2) is 0 Å². The van der Waals surface area contributed by atoms with Gasteiger partial charge in [0.05, 0.1) is 6.04 Å². The second kappa shape index (κ2) is 24.2. The van der Waals surface area contributed by atoms with Crippen molar-refractivity contribution in [3.63, 3.8) is 0 Å². The van der Waals surface area contributed by atoms with Gasteiger partial charge in [0.1, 0.15) is 18.1 Å². The van der Waals surface area contributed by atoms with Crippen LogP contribution in [-0.4, -0.2) is 83.9 Å². The zero-order valence-electron chi connectivity index (χ0n) is 32.0. The van der Waals surface area contributed by atoms with Gasteiger partial charge in [-0.1, -0.05) is 85.2 Å². The van der Waals surface area contributed by atoms with Crippen molar-refractivity contribution in [2.24, 2.45) is 17.8 Å². The molecule has 6 atom stereocenters. The number of amides is 5. The molecule has 0 spiro atoms. The molecule has 1 aromatic rings. The van der Waals surface area contributed by atoms with Gasteiger partial charge in [-0.05, 0) is 62.3 Å². The molecular formula is C38H64N6O7. The van der Waals surface area contributed by atoms with Crippen LogP contribution in [0.1, 0.15) is 106 Å². The molecule has 0 saturated heterocycles. The summed E-state index contributed by atoms with van der Waals surface area (Å²) in [5, 5.41) is 26.6. The third-order valence-electron chi connectivity index (χ3n) is 8.84. The molecule has 5 amide bonds. The zero-order chi connectivity index (χ0) is 38.5. The molecule has 0 heterocycles. The number of aliphatic carboxylic acids is 1. The molecule has 0 saturated carbocycles. The number of carboxylic acid groups (broad SMARTS) is 1. The predicted octanol–water partition coefficient (Wildman–Crippen LogP) is 3.07. The highest BCUT2D eigenvalue weighted by Crippen LogP contribution is 2.13. The van der Waals surface area contributed by atoms with Crippen LogP contribution < -0.4 is 31.9 Å². The van der Waals surface area contributed by atoms with Gasteiger partial charge in [-0.3, -0.25) is 28.8 Å². The topological polar surface area (TPSA) is 195 Å². The van der Waals surface area contributed by atoms with Gasteiger partial charge in [-0.15, -0.1) is 0 Å².